The predicted molar refractivity (Wildman–Crippen MR) is 63.3 cm³/mol. The third-order valence-corrected chi connectivity index (χ3v) is 2.23. The van der Waals surface area contributed by atoms with Crippen LogP contribution in [0.15, 0.2) is 42.6 Å². The minimum absolute atomic E-state index is 0.0849. The Bertz CT molecular complexity index is 572. The molecule has 0 spiro atoms. The van der Waals surface area contributed by atoms with Crippen molar-refractivity contribution in [2.75, 3.05) is 0 Å². The number of pyridine rings is 1. The van der Waals surface area contributed by atoms with Crippen molar-refractivity contribution in [3.05, 3.63) is 58.3 Å². The van der Waals surface area contributed by atoms with E-state index in [2.05, 4.69) is 4.98 Å². The lowest BCUT2D eigenvalue weighted by molar-refractivity contribution is -0.385. The molecule has 92 valence electrons. The maximum atomic E-state index is 10.6. The van der Waals surface area contributed by atoms with Crippen LogP contribution in [0.5, 0.6) is 11.6 Å². The van der Waals surface area contributed by atoms with Crippen LogP contribution in [0, 0.1) is 10.1 Å². The van der Waals surface area contributed by atoms with Gasteiger partial charge in [-0.05, 0) is 17.7 Å². The summed E-state index contributed by atoms with van der Waals surface area (Å²) < 4.78 is 5.38. The van der Waals surface area contributed by atoms with Crippen molar-refractivity contribution in [1.29, 1.82) is 0 Å². The molecule has 6 nitrogen and oxygen atoms in total. The molecule has 0 saturated heterocycles. The van der Waals surface area contributed by atoms with Gasteiger partial charge in [-0.3, -0.25) is 10.1 Å². The van der Waals surface area contributed by atoms with E-state index < -0.39 is 4.92 Å². The van der Waals surface area contributed by atoms with E-state index in [1.807, 2.05) is 0 Å². The Morgan fingerprint density at radius 1 is 1.33 bits per heavy atom. The number of hydrogen-bond acceptors (Lipinski definition) is 5. The summed E-state index contributed by atoms with van der Waals surface area (Å²) in [6.45, 7) is -0.0977. The molecule has 1 aromatic carbocycles. The Hall–Kier alpha value is -2.47. The normalized spacial score (nSPS) is 10.1. The van der Waals surface area contributed by atoms with Crippen LogP contribution in [0.3, 0.4) is 0 Å². The highest BCUT2D eigenvalue weighted by atomic mass is 16.6. The largest absolute Gasteiger partial charge is 0.439 e. The van der Waals surface area contributed by atoms with Crippen molar-refractivity contribution in [2.24, 2.45) is 0 Å². The molecule has 6 heteroatoms. The molecule has 0 atom stereocenters. The van der Waals surface area contributed by atoms with E-state index in [1.165, 1.54) is 18.3 Å². The highest BCUT2D eigenvalue weighted by Crippen LogP contribution is 2.23. The smallest absolute Gasteiger partial charge is 0.276 e. The van der Waals surface area contributed by atoms with E-state index in [9.17, 15) is 10.1 Å². The summed E-state index contributed by atoms with van der Waals surface area (Å²) in [7, 11) is 0. The number of rotatable bonds is 4. The molecule has 0 saturated carbocycles. The molecule has 0 unspecified atom stereocenters. The third kappa shape index (κ3) is 2.80. The number of aromatic nitrogens is 1. The fraction of sp³-hybridized carbons (Fsp3) is 0.0833. The highest BCUT2D eigenvalue weighted by molar-refractivity contribution is 5.36. The zero-order valence-corrected chi connectivity index (χ0v) is 9.31. The Balaban J connectivity index is 2.22. The van der Waals surface area contributed by atoms with Gasteiger partial charge in [0.2, 0.25) is 5.88 Å². The zero-order chi connectivity index (χ0) is 13.0. The van der Waals surface area contributed by atoms with Crippen LogP contribution in [-0.4, -0.2) is 15.0 Å². The first-order chi connectivity index (χ1) is 8.69. The van der Waals surface area contributed by atoms with Crippen LogP contribution in [0.4, 0.5) is 5.69 Å². The van der Waals surface area contributed by atoms with Gasteiger partial charge in [-0.25, -0.2) is 4.98 Å². The van der Waals surface area contributed by atoms with Gasteiger partial charge in [-0.1, -0.05) is 12.1 Å². The van der Waals surface area contributed by atoms with Gasteiger partial charge in [0.1, 0.15) is 5.75 Å². The fourth-order valence-electron chi connectivity index (χ4n) is 1.40. The lowest BCUT2D eigenvalue weighted by atomic mass is 10.2. The van der Waals surface area contributed by atoms with Gasteiger partial charge in [-0.2, -0.15) is 0 Å². The van der Waals surface area contributed by atoms with Gasteiger partial charge in [0.15, 0.2) is 0 Å². The number of nitro groups is 1. The molecule has 1 N–H and O–H groups in total. The number of aliphatic hydroxyl groups is 1. The minimum Gasteiger partial charge on any atom is -0.439 e. The van der Waals surface area contributed by atoms with E-state index in [4.69, 9.17) is 9.84 Å². The van der Waals surface area contributed by atoms with E-state index in [0.29, 0.717) is 11.3 Å². The van der Waals surface area contributed by atoms with Crippen LogP contribution in [0.1, 0.15) is 5.56 Å². The minimum atomic E-state index is -0.515. The van der Waals surface area contributed by atoms with Crippen molar-refractivity contribution in [3.8, 4) is 11.6 Å². The van der Waals surface area contributed by atoms with E-state index in [1.54, 1.807) is 24.3 Å². The summed E-state index contributed by atoms with van der Waals surface area (Å²) in [5.74, 6) is 0.605. The molecule has 0 aliphatic carbocycles. The van der Waals surface area contributed by atoms with Gasteiger partial charge in [0, 0.05) is 12.3 Å². The number of aliphatic hydroxyl groups excluding tert-OH is 1. The summed E-state index contributed by atoms with van der Waals surface area (Å²) >= 11 is 0. The Labute approximate surface area is 103 Å². The first kappa shape index (κ1) is 12.0. The molecule has 0 aliphatic heterocycles. The first-order valence-corrected chi connectivity index (χ1v) is 5.17. The molecule has 0 fully saturated rings. The SMILES string of the molecule is O=[N+]([O-])c1ccnc(Oc2cccc(CO)c2)c1. The quantitative estimate of drug-likeness (QED) is 0.660. The second kappa shape index (κ2) is 5.24. The topological polar surface area (TPSA) is 85.5 Å². The average Bonchev–Trinajstić information content (AvgIpc) is 2.39. The standard InChI is InChI=1S/C12H10N2O4/c15-8-9-2-1-3-11(6-9)18-12-7-10(14(16)17)4-5-13-12/h1-7,15H,8H2. The van der Waals surface area contributed by atoms with Crippen molar-refractivity contribution in [1.82, 2.24) is 4.98 Å². The van der Waals surface area contributed by atoms with Gasteiger partial charge >= 0.3 is 0 Å². The molecule has 18 heavy (non-hydrogen) atoms. The van der Waals surface area contributed by atoms with Crippen LogP contribution in [0.25, 0.3) is 0 Å². The summed E-state index contributed by atoms with van der Waals surface area (Å²) in [5, 5.41) is 19.6. The molecule has 2 rings (SSSR count). The second-order valence-corrected chi connectivity index (χ2v) is 3.52. The van der Waals surface area contributed by atoms with Crippen LogP contribution in [-0.2, 0) is 6.61 Å². The number of hydrogen-bond donors (Lipinski definition) is 1. The molecule has 0 aliphatic rings. The van der Waals surface area contributed by atoms with Crippen molar-refractivity contribution in [3.63, 3.8) is 0 Å². The summed E-state index contributed by atoms with van der Waals surface area (Å²) in [4.78, 5) is 14.0. The summed E-state index contributed by atoms with van der Waals surface area (Å²) in [6, 6.07) is 9.31. The monoisotopic (exact) mass is 246 g/mol. The Morgan fingerprint density at radius 2 is 2.17 bits per heavy atom. The Kier molecular flexibility index (Phi) is 3.49. The van der Waals surface area contributed by atoms with Gasteiger partial charge in [-0.15, -0.1) is 0 Å². The number of benzene rings is 1. The molecule has 0 radical (unpaired) electrons. The highest BCUT2D eigenvalue weighted by Gasteiger charge is 2.08. The fourth-order valence-corrected chi connectivity index (χ4v) is 1.40. The first-order valence-electron chi connectivity index (χ1n) is 5.17. The molecular weight excluding hydrogens is 236 g/mol. The van der Waals surface area contributed by atoms with E-state index in [0.717, 1.165) is 0 Å². The Morgan fingerprint density at radius 3 is 2.89 bits per heavy atom. The van der Waals surface area contributed by atoms with Crippen molar-refractivity contribution < 1.29 is 14.8 Å². The maximum absolute atomic E-state index is 10.6. The lowest BCUT2D eigenvalue weighted by Gasteiger charge is -2.05. The molecule has 1 heterocycles. The second-order valence-electron chi connectivity index (χ2n) is 3.52. The third-order valence-electron chi connectivity index (χ3n) is 2.23. The number of nitrogens with zero attached hydrogens (tertiary/aromatic N) is 2. The van der Waals surface area contributed by atoms with Gasteiger partial charge in [0.25, 0.3) is 5.69 Å². The number of ether oxygens (including phenoxy) is 1. The molecule has 2 aromatic rings. The van der Waals surface area contributed by atoms with Crippen LogP contribution in [0.2, 0.25) is 0 Å². The van der Waals surface area contributed by atoms with Crippen LogP contribution >= 0.6 is 0 Å². The lowest BCUT2D eigenvalue weighted by Crippen LogP contribution is -1.92. The van der Waals surface area contributed by atoms with Crippen molar-refractivity contribution in [2.45, 2.75) is 6.61 Å². The van der Waals surface area contributed by atoms with Crippen molar-refractivity contribution >= 4 is 5.69 Å². The summed E-state index contributed by atoms with van der Waals surface area (Å²) in [6.07, 6.45) is 1.31. The van der Waals surface area contributed by atoms with Gasteiger partial charge in [0.05, 0.1) is 17.6 Å². The summed E-state index contributed by atoms with van der Waals surface area (Å²) in [5.41, 5.74) is 0.608. The van der Waals surface area contributed by atoms with E-state index >= 15 is 0 Å². The molecule has 0 amide bonds. The average molecular weight is 246 g/mol. The molecule has 0 bridgehead atoms. The van der Waals surface area contributed by atoms with Crippen LogP contribution < -0.4 is 4.74 Å². The maximum Gasteiger partial charge on any atom is 0.276 e. The predicted octanol–water partition coefficient (Wildman–Crippen LogP) is 2.27. The molecule has 1 aromatic heterocycles. The molecular formula is C12H10N2O4. The van der Waals surface area contributed by atoms with Gasteiger partial charge < -0.3 is 9.84 Å². The zero-order valence-electron chi connectivity index (χ0n) is 9.31. The van der Waals surface area contributed by atoms with E-state index in [-0.39, 0.29) is 18.2 Å².